The van der Waals surface area contributed by atoms with Gasteiger partial charge in [0.1, 0.15) is 5.82 Å². The summed E-state index contributed by atoms with van der Waals surface area (Å²) in [5, 5.41) is 16.9. The summed E-state index contributed by atoms with van der Waals surface area (Å²) in [7, 11) is 1.88. The zero-order valence-electron chi connectivity index (χ0n) is 17.8. The lowest BCUT2D eigenvalue weighted by Gasteiger charge is -2.37. The number of halogens is 2. The monoisotopic (exact) mass is 442 g/mol. The summed E-state index contributed by atoms with van der Waals surface area (Å²) < 4.78 is 17.7. The molecule has 0 bridgehead atoms. The second-order valence-electron chi connectivity index (χ2n) is 8.30. The van der Waals surface area contributed by atoms with Gasteiger partial charge in [0, 0.05) is 44.0 Å². The predicted molar refractivity (Wildman–Crippen MR) is 121 cm³/mol. The number of anilines is 3. The summed E-state index contributed by atoms with van der Waals surface area (Å²) in [5.41, 5.74) is 2.68. The van der Waals surface area contributed by atoms with Gasteiger partial charge in [-0.3, -0.25) is 4.68 Å². The number of benzene rings is 1. The number of nitrogens with zero attached hydrogens (tertiary/aromatic N) is 6. The number of hydrogen-bond acceptors (Lipinski definition) is 6. The number of rotatable bonds is 3. The standard InChI is InChI=1S/C21H24ClFN8/c1-11-8-30(9-12(2)24-11)15-6-16(22)19-18(7-15)29(4)28-20(19)26-14-5-17(23)21-25-13(3)27-31(21)10-14/h5-7,10-12,24H,8-9H2,1-4H3,(H,26,28)/t11-,12-/m0/s1. The molecule has 162 valence electrons. The Kier molecular flexibility index (Phi) is 4.75. The van der Waals surface area contributed by atoms with E-state index in [4.69, 9.17) is 11.6 Å². The van der Waals surface area contributed by atoms with E-state index in [2.05, 4.69) is 50.6 Å². The summed E-state index contributed by atoms with van der Waals surface area (Å²) >= 11 is 6.73. The van der Waals surface area contributed by atoms with E-state index in [1.165, 1.54) is 10.6 Å². The van der Waals surface area contributed by atoms with E-state index in [-0.39, 0.29) is 5.65 Å². The molecule has 1 aliphatic rings. The number of nitrogens with one attached hydrogen (secondary N) is 2. The minimum Gasteiger partial charge on any atom is -0.368 e. The van der Waals surface area contributed by atoms with Crippen LogP contribution >= 0.6 is 11.6 Å². The van der Waals surface area contributed by atoms with Crippen LogP contribution in [-0.2, 0) is 7.05 Å². The third-order valence-corrected chi connectivity index (χ3v) is 5.87. The minimum absolute atomic E-state index is 0.191. The molecule has 4 heterocycles. The first kappa shape index (κ1) is 20.0. The maximum absolute atomic E-state index is 14.5. The molecule has 0 amide bonds. The van der Waals surface area contributed by atoms with Crippen molar-refractivity contribution in [1.29, 1.82) is 0 Å². The Morgan fingerprint density at radius 2 is 1.90 bits per heavy atom. The fourth-order valence-corrected chi connectivity index (χ4v) is 4.69. The molecule has 5 rings (SSSR count). The van der Waals surface area contributed by atoms with Gasteiger partial charge in [0.25, 0.3) is 0 Å². The molecule has 1 fully saturated rings. The summed E-state index contributed by atoms with van der Waals surface area (Å²) in [6.45, 7) is 7.91. The number of piperazine rings is 1. The Morgan fingerprint density at radius 3 is 2.65 bits per heavy atom. The van der Waals surface area contributed by atoms with E-state index in [0.29, 0.717) is 34.4 Å². The zero-order valence-corrected chi connectivity index (χ0v) is 18.6. The van der Waals surface area contributed by atoms with Gasteiger partial charge in [-0.05, 0) is 32.9 Å². The minimum atomic E-state index is -0.457. The van der Waals surface area contributed by atoms with Crippen LogP contribution in [0.3, 0.4) is 0 Å². The number of aryl methyl sites for hydroxylation is 2. The quantitative estimate of drug-likeness (QED) is 0.504. The molecule has 2 N–H and O–H groups in total. The molecule has 10 heteroatoms. The Bertz CT molecular complexity index is 1290. The van der Waals surface area contributed by atoms with Crippen LogP contribution in [0.1, 0.15) is 19.7 Å². The molecule has 0 aliphatic carbocycles. The highest BCUT2D eigenvalue weighted by Gasteiger charge is 2.23. The van der Waals surface area contributed by atoms with Gasteiger partial charge in [0.05, 0.1) is 27.8 Å². The van der Waals surface area contributed by atoms with Crippen molar-refractivity contribution in [1.82, 2.24) is 29.7 Å². The Hall–Kier alpha value is -2.91. The molecule has 3 aromatic heterocycles. The van der Waals surface area contributed by atoms with E-state index in [1.807, 2.05) is 13.1 Å². The number of aromatic nitrogens is 5. The molecule has 0 radical (unpaired) electrons. The predicted octanol–water partition coefficient (Wildman–Crippen LogP) is 3.65. The van der Waals surface area contributed by atoms with E-state index in [1.54, 1.807) is 17.8 Å². The molecule has 2 atom stereocenters. The van der Waals surface area contributed by atoms with Crippen LogP contribution in [-0.4, -0.2) is 49.6 Å². The summed E-state index contributed by atoms with van der Waals surface area (Å²) in [6.07, 6.45) is 1.69. The second kappa shape index (κ2) is 7.35. The smallest absolute Gasteiger partial charge is 0.191 e. The first-order valence-corrected chi connectivity index (χ1v) is 10.6. The van der Waals surface area contributed by atoms with Crippen LogP contribution < -0.4 is 15.5 Å². The van der Waals surface area contributed by atoms with Crippen molar-refractivity contribution in [2.45, 2.75) is 32.9 Å². The van der Waals surface area contributed by atoms with E-state index < -0.39 is 5.82 Å². The zero-order chi connectivity index (χ0) is 21.9. The topological polar surface area (TPSA) is 75.3 Å². The van der Waals surface area contributed by atoms with Crippen LogP contribution in [0.4, 0.5) is 21.6 Å². The molecule has 0 unspecified atom stereocenters. The maximum atomic E-state index is 14.5. The molecule has 4 aromatic rings. The highest BCUT2D eigenvalue weighted by molar-refractivity contribution is 6.37. The molecule has 1 aliphatic heterocycles. The number of hydrogen-bond donors (Lipinski definition) is 2. The van der Waals surface area contributed by atoms with Gasteiger partial charge < -0.3 is 15.5 Å². The Morgan fingerprint density at radius 1 is 1.16 bits per heavy atom. The average molecular weight is 443 g/mol. The molecule has 1 saturated heterocycles. The molecule has 31 heavy (non-hydrogen) atoms. The summed E-state index contributed by atoms with van der Waals surface area (Å²) in [6, 6.07) is 6.26. The highest BCUT2D eigenvalue weighted by atomic mass is 35.5. The SMILES string of the molecule is Cc1nc2c(F)cc(Nc3nn(C)c4cc(N5C[C@H](C)N[C@@H](C)C5)cc(Cl)c34)cn2n1. The van der Waals surface area contributed by atoms with Gasteiger partial charge in [-0.15, -0.1) is 0 Å². The van der Waals surface area contributed by atoms with Gasteiger partial charge in [0.15, 0.2) is 17.3 Å². The fraction of sp³-hybridized carbons (Fsp3) is 0.381. The van der Waals surface area contributed by atoms with Crippen molar-refractivity contribution in [3.8, 4) is 0 Å². The number of pyridine rings is 1. The average Bonchev–Trinajstić information content (AvgIpc) is 3.21. The maximum Gasteiger partial charge on any atom is 0.191 e. The van der Waals surface area contributed by atoms with Gasteiger partial charge in [-0.2, -0.15) is 10.2 Å². The highest BCUT2D eigenvalue weighted by Crippen LogP contribution is 2.36. The van der Waals surface area contributed by atoms with Crippen LogP contribution in [0.2, 0.25) is 5.02 Å². The third-order valence-electron chi connectivity index (χ3n) is 5.57. The lowest BCUT2D eigenvalue weighted by molar-refractivity contribution is 0.407. The molecule has 0 saturated carbocycles. The van der Waals surface area contributed by atoms with Gasteiger partial charge in [0.2, 0.25) is 0 Å². The van der Waals surface area contributed by atoms with Crippen molar-refractivity contribution < 1.29 is 4.39 Å². The molecule has 1 aromatic carbocycles. The van der Waals surface area contributed by atoms with Gasteiger partial charge in [-0.25, -0.2) is 13.9 Å². The normalized spacial score (nSPS) is 19.5. The molecular formula is C21H24ClFN8. The lowest BCUT2D eigenvalue weighted by atomic mass is 10.1. The summed E-state index contributed by atoms with van der Waals surface area (Å²) in [4.78, 5) is 6.43. The summed E-state index contributed by atoms with van der Waals surface area (Å²) in [5.74, 6) is 0.610. The largest absolute Gasteiger partial charge is 0.368 e. The molecular weight excluding hydrogens is 419 g/mol. The third kappa shape index (κ3) is 3.57. The fourth-order valence-electron chi connectivity index (χ4n) is 4.39. The second-order valence-corrected chi connectivity index (χ2v) is 8.70. The Balaban J connectivity index is 1.53. The van der Waals surface area contributed by atoms with Crippen LogP contribution in [0.15, 0.2) is 24.4 Å². The molecule has 0 spiro atoms. The Labute approximate surface area is 184 Å². The van der Waals surface area contributed by atoms with Crippen molar-refractivity contribution >= 4 is 45.3 Å². The van der Waals surface area contributed by atoms with Crippen molar-refractivity contribution in [2.75, 3.05) is 23.3 Å². The van der Waals surface area contributed by atoms with Gasteiger partial charge >= 0.3 is 0 Å². The first-order chi connectivity index (χ1) is 14.8. The molecule has 8 nitrogen and oxygen atoms in total. The lowest BCUT2D eigenvalue weighted by Crippen LogP contribution is -2.54. The van der Waals surface area contributed by atoms with Crippen molar-refractivity contribution in [3.05, 3.63) is 41.1 Å². The van der Waals surface area contributed by atoms with Crippen molar-refractivity contribution in [2.24, 2.45) is 7.05 Å². The van der Waals surface area contributed by atoms with Crippen LogP contribution in [0, 0.1) is 12.7 Å². The van der Waals surface area contributed by atoms with E-state index in [0.717, 1.165) is 29.7 Å². The van der Waals surface area contributed by atoms with E-state index in [9.17, 15) is 4.39 Å². The van der Waals surface area contributed by atoms with E-state index >= 15 is 0 Å². The first-order valence-electron chi connectivity index (χ1n) is 10.3. The number of fused-ring (bicyclic) bond motifs is 2. The van der Waals surface area contributed by atoms with Crippen molar-refractivity contribution in [3.63, 3.8) is 0 Å². The van der Waals surface area contributed by atoms with Gasteiger partial charge in [-0.1, -0.05) is 11.6 Å². The van der Waals surface area contributed by atoms with Crippen LogP contribution in [0.25, 0.3) is 16.6 Å². The van der Waals surface area contributed by atoms with Crippen LogP contribution in [0.5, 0.6) is 0 Å².